The van der Waals surface area contributed by atoms with Crippen molar-refractivity contribution in [2.24, 2.45) is 0 Å². The standard InChI is InChI=1S/C25H25N7O4/c1-15-4-6-17(7-5-15)24(34)30-8-10-31(11-9-30)25(35)22(33)18-12-26-21-20(18)19(36-3)13-27-23(21)32-14-28-16(2)29-32/h4-7,12-14,26H,8-11H2,1-3H3/i3D3,4D,5D,6D,7D,8D2,9D2,10D2,11D2. The number of rotatable bonds is 5. The molecule has 0 aliphatic carbocycles. The van der Waals surface area contributed by atoms with Crippen molar-refractivity contribution in [3.8, 4) is 11.6 Å². The minimum atomic E-state index is -4.09. The summed E-state index contributed by atoms with van der Waals surface area (Å²) in [5.74, 6) is -6.39. The average Bonchev–Trinajstić information content (AvgIpc) is 3.64. The Kier molecular flexibility index (Phi) is 2.95. The zero-order valence-electron chi connectivity index (χ0n) is 33.5. The molecule has 11 nitrogen and oxygen atoms in total. The number of aryl methyl sites for hydroxylation is 1. The van der Waals surface area contributed by atoms with Gasteiger partial charge >= 0.3 is 0 Å². The van der Waals surface area contributed by atoms with Gasteiger partial charge in [-0.05, 0) is 25.9 Å². The lowest BCUT2D eigenvalue weighted by atomic mass is 10.1. The van der Waals surface area contributed by atoms with Gasteiger partial charge in [0.1, 0.15) is 17.9 Å². The number of ketones is 1. The van der Waals surface area contributed by atoms with Crippen molar-refractivity contribution < 1.29 is 39.7 Å². The van der Waals surface area contributed by atoms with E-state index >= 15 is 0 Å². The van der Waals surface area contributed by atoms with Gasteiger partial charge in [0.05, 0.1) is 50.3 Å². The molecule has 36 heavy (non-hydrogen) atoms. The zero-order valence-corrected chi connectivity index (χ0v) is 18.5. The van der Waals surface area contributed by atoms with E-state index < -0.39 is 107 Å². The van der Waals surface area contributed by atoms with Crippen molar-refractivity contribution in [1.82, 2.24) is 34.5 Å². The fourth-order valence-electron chi connectivity index (χ4n) is 3.25. The number of H-pyrrole nitrogens is 1. The van der Waals surface area contributed by atoms with Crippen LogP contribution in [-0.2, 0) is 4.79 Å². The average molecular weight is 503 g/mol. The first-order chi connectivity index (χ1) is 23.2. The smallest absolute Gasteiger partial charge is 0.295 e. The maximum Gasteiger partial charge on any atom is 0.295 e. The van der Waals surface area contributed by atoms with E-state index in [1.165, 1.54) is 20.2 Å². The number of carbonyl (C=O) groups excluding carboxylic acids is 3. The molecule has 4 heterocycles. The molecule has 0 unspecified atom stereocenters. The maximum absolute atomic E-state index is 13.9. The van der Waals surface area contributed by atoms with Crippen molar-refractivity contribution in [3.63, 3.8) is 0 Å². The van der Waals surface area contributed by atoms with E-state index in [-0.39, 0.29) is 22.7 Å². The quantitative estimate of drug-likeness (QED) is 0.326. The van der Waals surface area contributed by atoms with Crippen molar-refractivity contribution >= 4 is 28.5 Å². The molecule has 11 heteroatoms. The first-order valence-corrected chi connectivity index (χ1v) is 10.1. The summed E-state index contributed by atoms with van der Waals surface area (Å²) in [4.78, 5) is 51.0. The molecule has 1 aromatic carbocycles. The zero-order chi connectivity index (χ0) is 38.5. The number of nitrogens with one attached hydrogen (secondary N) is 1. The highest BCUT2D eigenvalue weighted by Gasteiger charge is 2.31. The third kappa shape index (κ3) is 4.08. The van der Waals surface area contributed by atoms with Crippen LogP contribution in [0.4, 0.5) is 0 Å². The predicted molar refractivity (Wildman–Crippen MR) is 130 cm³/mol. The van der Waals surface area contributed by atoms with Crippen LogP contribution >= 0.6 is 0 Å². The molecule has 1 aliphatic heterocycles. The van der Waals surface area contributed by atoms with Crippen LogP contribution in [0.3, 0.4) is 0 Å². The number of carbonyl (C=O) groups is 3. The van der Waals surface area contributed by atoms with E-state index in [4.69, 9.17) is 25.3 Å². The van der Waals surface area contributed by atoms with Gasteiger partial charge in [0, 0.05) is 37.7 Å². The molecule has 0 radical (unpaired) electrons. The molecule has 1 saturated heterocycles. The number of nitrogens with zero attached hydrogens (tertiary/aromatic N) is 6. The Hall–Kier alpha value is -4.54. The Morgan fingerprint density at radius 1 is 1.08 bits per heavy atom. The number of hydrogen-bond acceptors (Lipinski definition) is 7. The number of piperazine rings is 1. The third-order valence-electron chi connectivity index (χ3n) is 4.94. The monoisotopic (exact) mass is 502 g/mol. The first kappa shape index (κ1) is 11.5. The van der Waals surface area contributed by atoms with E-state index in [1.54, 1.807) is 0 Å². The SMILES string of the molecule is [2H]c1c([2H])c(C(=O)N2C([2H])([2H])C([2H])([2H])N(C(=O)C(=O)c3c[nH]c4c(-n5cnc(C)n5)ncc(OC([2H])([2H])[2H])c34)C([2H])([2H])C2([2H])[2H])c([2H])c([2H])c1C. The molecule has 0 bridgehead atoms. The van der Waals surface area contributed by atoms with E-state index in [2.05, 4.69) is 20.1 Å². The van der Waals surface area contributed by atoms with Gasteiger partial charge in [0.25, 0.3) is 17.6 Å². The van der Waals surface area contributed by atoms with Crippen LogP contribution in [0.15, 0.2) is 42.9 Å². The Labute approximate surface area is 227 Å². The second-order valence-corrected chi connectivity index (χ2v) is 7.29. The van der Waals surface area contributed by atoms with E-state index in [0.717, 1.165) is 17.1 Å². The number of benzene rings is 1. The van der Waals surface area contributed by atoms with Gasteiger partial charge in [-0.25, -0.2) is 14.6 Å². The number of ether oxygens (including phenoxy) is 1. The first-order valence-electron chi connectivity index (χ1n) is 17.6. The van der Waals surface area contributed by atoms with Crippen LogP contribution in [0.5, 0.6) is 5.75 Å². The molecule has 3 aromatic heterocycles. The number of aromatic nitrogens is 5. The number of amides is 2. The number of Topliss-reactive ketones (excluding diaryl/α,β-unsaturated/α-hetero) is 1. The summed E-state index contributed by atoms with van der Waals surface area (Å²) in [6.45, 7) is -13.6. The van der Waals surface area contributed by atoms with Crippen LogP contribution in [0.1, 0.15) is 52.7 Å². The molecule has 1 aliphatic rings. The molecule has 1 fully saturated rings. The highest BCUT2D eigenvalue weighted by Crippen LogP contribution is 2.31. The van der Waals surface area contributed by atoms with Gasteiger partial charge in [-0.1, -0.05) is 17.6 Å². The summed E-state index contributed by atoms with van der Waals surface area (Å²) >= 11 is 0. The highest BCUT2D eigenvalue weighted by molar-refractivity contribution is 6.45. The van der Waals surface area contributed by atoms with Gasteiger partial charge in [-0.3, -0.25) is 14.4 Å². The van der Waals surface area contributed by atoms with E-state index in [9.17, 15) is 14.4 Å². The minimum Gasteiger partial charge on any atom is -0.494 e. The second-order valence-electron chi connectivity index (χ2n) is 7.29. The fraction of sp³-hybridized carbons (Fsp3) is 0.280. The third-order valence-corrected chi connectivity index (χ3v) is 4.94. The van der Waals surface area contributed by atoms with Crippen LogP contribution in [0.25, 0.3) is 16.7 Å². The fourth-order valence-corrected chi connectivity index (χ4v) is 3.25. The lowest BCUT2D eigenvalue weighted by Crippen LogP contribution is -2.52. The number of pyridine rings is 1. The second kappa shape index (κ2) is 9.25. The highest BCUT2D eigenvalue weighted by atomic mass is 16.5. The summed E-state index contributed by atoms with van der Waals surface area (Å²) < 4.78 is 130. The number of hydrogen-bond donors (Lipinski definition) is 1. The summed E-state index contributed by atoms with van der Waals surface area (Å²) in [5, 5.41) is 3.65. The largest absolute Gasteiger partial charge is 0.494 e. The molecular formula is C25H25N7O4. The van der Waals surface area contributed by atoms with Crippen molar-refractivity contribution in [2.45, 2.75) is 13.8 Å². The van der Waals surface area contributed by atoms with Crippen molar-refractivity contribution in [2.75, 3.05) is 33.0 Å². The van der Waals surface area contributed by atoms with Gasteiger partial charge in [-0.2, -0.15) is 5.10 Å². The predicted octanol–water partition coefficient (Wildman–Crippen LogP) is 1.94. The molecule has 5 rings (SSSR count). The summed E-state index contributed by atoms with van der Waals surface area (Å²) in [7, 11) is -3.14. The Bertz CT molecular complexity index is 2090. The van der Waals surface area contributed by atoms with E-state index in [0.29, 0.717) is 0 Å². The number of aromatic amines is 1. The van der Waals surface area contributed by atoms with E-state index in [1.807, 2.05) is 0 Å². The molecule has 1 N–H and O–H groups in total. The van der Waals surface area contributed by atoms with Crippen LogP contribution in [0, 0.1) is 13.8 Å². The minimum absolute atomic E-state index is 0.0919. The molecular weight excluding hydrogens is 462 g/mol. The Balaban J connectivity index is 1.66. The lowest BCUT2D eigenvalue weighted by molar-refractivity contribution is -0.127. The van der Waals surface area contributed by atoms with Crippen LogP contribution in [-0.4, -0.2) is 85.2 Å². The maximum atomic E-state index is 13.9. The molecule has 0 spiro atoms. The Morgan fingerprint density at radius 2 is 1.81 bits per heavy atom. The van der Waals surface area contributed by atoms with Crippen molar-refractivity contribution in [1.29, 1.82) is 0 Å². The summed E-state index contributed by atoms with van der Waals surface area (Å²) in [6.07, 6.45) is 2.93. The Morgan fingerprint density at radius 3 is 2.47 bits per heavy atom. The topological polar surface area (TPSA) is 126 Å². The van der Waals surface area contributed by atoms with Gasteiger partial charge < -0.3 is 19.5 Å². The number of methoxy groups -OCH3 is 1. The molecule has 2 amide bonds. The molecule has 184 valence electrons. The molecule has 4 aromatic rings. The van der Waals surface area contributed by atoms with Crippen LogP contribution < -0.4 is 4.74 Å². The molecule has 0 atom stereocenters. The number of fused-ring (bicyclic) bond motifs is 1. The lowest BCUT2D eigenvalue weighted by Gasteiger charge is -2.34. The van der Waals surface area contributed by atoms with Gasteiger partial charge in [0.15, 0.2) is 5.82 Å². The van der Waals surface area contributed by atoms with Crippen LogP contribution in [0.2, 0.25) is 0 Å². The van der Waals surface area contributed by atoms with Gasteiger partial charge in [0.2, 0.25) is 0 Å². The normalized spacial score (nSPS) is 25.8. The summed E-state index contributed by atoms with van der Waals surface area (Å²) in [5.41, 5.74) is -2.36. The molecule has 0 saturated carbocycles. The van der Waals surface area contributed by atoms with Gasteiger partial charge in [-0.15, -0.1) is 0 Å². The van der Waals surface area contributed by atoms with Crippen molar-refractivity contribution in [3.05, 3.63) is 65.4 Å². The summed E-state index contributed by atoms with van der Waals surface area (Å²) in [6, 6.07) is -3.62.